The summed E-state index contributed by atoms with van der Waals surface area (Å²) in [5.41, 5.74) is 3.22. The van der Waals surface area contributed by atoms with E-state index in [0.29, 0.717) is 13.2 Å². The largest absolute Gasteiger partial charge is 0.489 e. The average Bonchev–Trinajstić information content (AvgIpc) is 2.66. The number of ether oxygens (including phenoxy) is 1. The van der Waals surface area contributed by atoms with E-state index in [4.69, 9.17) is 10.00 Å². The molecular weight excluding hydrogens is 324 g/mol. The van der Waals surface area contributed by atoms with Gasteiger partial charge in [0.25, 0.3) is 0 Å². The molecule has 4 heteroatoms. The number of nitrogens with zero attached hydrogens (tertiary/aromatic N) is 1. The molecule has 3 rings (SSSR count). The summed E-state index contributed by atoms with van der Waals surface area (Å²) in [6.45, 7) is 2.84. The van der Waals surface area contributed by atoms with Gasteiger partial charge in [-0.3, -0.25) is 4.79 Å². The van der Waals surface area contributed by atoms with E-state index in [1.54, 1.807) is 0 Å². The summed E-state index contributed by atoms with van der Waals surface area (Å²) in [6.07, 6.45) is -0.149. The molecule has 130 valence electrons. The van der Waals surface area contributed by atoms with Crippen molar-refractivity contribution in [2.24, 2.45) is 0 Å². The van der Waals surface area contributed by atoms with E-state index in [0.717, 1.165) is 27.6 Å². The molecule has 0 aliphatic carbocycles. The zero-order chi connectivity index (χ0) is 18.4. The monoisotopic (exact) mass is 344 g/mol. The van der Waals surface area contributed by atoms with Crippen LogP contribution in [0.15, 0.2) is 60.7 Å². The number of benzene rings is 3. The number of aryl methyl sites for hydroxylation is 1. The van der Waals surface area contributed by atoms with Crippen molar-refractivity contribution in [3.05, 3.63) is 77.4 Å². The number of amides is 1. The lowest BCUT2D eigenvalue weighted by atomic mass is 10.0. The van der Waals surface area contributed by atoms with Crippen LogP contribution in [-0.2, 0) is 17.9 Å². The molecule has 0 fully saturated rings. The minimum absolute atomic E-state index is 0.149. The normalized spacial score (nSPS) is 10.3. The zero-order valence-corrected chi connectivity index (χ0v) is 14.7. The second kappa shape index (κ2) is 8.17. The molecule has 26 heavy (non-hydrogen) atoms. The maximum absolute atomic E-state index is 11.7. The van der Waals surface area contributed by atoms with Gasteiger partial charge in [-0.1, -0.05) is 54.6 Å². The van der Waals surface area contributed by atoms with Gasteiger partial charge in [0.15, 0.2) is 0 Å². The molecule has 0 aliphatic heterocycles. The Hall–Kier alpha value is -3.32. The highest BCUT2D eigenvalue weighted by Crippen LogP contribution is 2.29. The minimum Gasteiger partial charge on any atom is -0.489 e. The van der Waals surface area contributed by atoms with E-state index in [9.17, 15) is 4.79 Å². The highest BCUT2D eigenvalue weighted by Gasteiger charge is 2.11. The molecule has 0 saturated heterocycles. The minimum atomic E-state index is -0.287. The Balaban J connectivity index is 1.88. The Morgan fingerprint density at radius 1 is 1.08 bits per heavy atom. The first-order valence-corrected chi connectivity index (χ1v) is 8.50. The highest BCUT2D eigenvalue weighted by atomic mass is 16.5. The summed E-state index contributed by atoms with van der Waals surface area (Å²) < 4.78 is 6.09. The van der Waals surface area contributed by atoms with Crippen LogP contribution in [0.25, 0.3) is 10.8 Å². The van der Waals surface area contributed by atoms with Gasteiger partial charge in [0.1, 0.15) is 18.8 Å². The van der Waals surface area contributed by atoms with E-state index < -0.39 is 0 Å². The number of rotatable bonds is 6. The lowest BCUT2D eigenvalue weighted by molar-refractivity contribution is -0.120. The predicted molar refractivity (Wildman–Crippen MR) is 102 cm³/mol. The van der Waals surface area contributed by atoms with Crippen molar-refractivity contribution in [3.63, 3.8) is 0 Å². The number of hydrogen-bond donors (Lipinski definition) is 1. The fourth-order valence-electron chi connectivity index (χ4n) is 2.88. The third-order valence-corrected chi connectivity index (χ3v) is 4.34. The van der Waals surface area contributed by atoms with Crippen LogP contribution in [0.3, 0.4) is 0 Å². The fraction of sp³-hybridized carbons (Fsp3) is 0.182. The van der Waals surface area contributed by atoms with Gasteiger partial charge in [-0.25, -0.2) is 0 Å². The van der Waals surface area contributed by atoms with Crippen LogP contribution in [0.5, 0.6) is 5.75 Å². The number of carbonyl (C=O) groups excluding carboxylic acids is 1. The molecule has 0 aliphatic rings. The van der Waals surface area contributed by atoms with E-state index in [1.165, 1.54) is 5.56 Å². The number of carbonyl (C=O) groups is 1. The summed E-state index contributed by atoms with van der Waals surface area (Å²) in [6, 6.07) is 21.9. The molecule has 0 heterocycles. The van der Waals surface area contributed by atoms with Gasteiger partial charge < -0.3 is 10.1 Å². The Labute approximate surface area is 153 Å². The SMILES string of the molecule is Cc1ccccc1COc1ccc2ccccc2c1CNC(=O)CC#N. The van der Waals surface area contributed by atoms with Crippen molar-refractivity contribution in [2.75, 3.05) is 0 Å². The predicted octanol–water partition coefficient (Wildman–Crippen LogP) is 4.26. The quantitative estimate of drug-likeness (QED) is 0.727. The summed E-state index contributed by atoms with van der Waals surface area (Å²) in [5, 5.41) is 13.6. The lowest BCUT2D eigenvalue weighted by Crippen LogP contribution is -2.22. The summed E-state index contributed by atoms with van der Waals surface area (Å²) in [7, 11) is 0. The van der Waals surface area contributed by atoms with Crippen molar-refractivity contribution in [2.45, 2.75) is 26.5 Å². The maximum Gasteiger partial charge on any atom is 0.234 e. The standard InChI is InChI=1S/C22H20N2O2/c1-16-6-2-3-8-18(16)15-26-21-11-10-17-7-4-5-9-19(17)20(21)14-24-22(25)12-13-23/h2-11H,12,14-15H2,1H3,(H,24,25). The molecule has 0 aromatic heterocycles. The average molecular weight is 344 g/mol. The molecule has 0 radical (unpaired) electrons. The first kappa shape index (κ1) is 17.5. The van der Waals surface area contributed by atoms with Crippen LogP contribution < -0.4 is 10.1 Å². The van der Waals surface area contributed by atoms with Gasteiger partial charge in [0.05, 0.1) is 6.07 Å². The van der Waals surface area contributed by atoms with Crippen LogP contribution in [0, 0.1) is 18.3 Å². The molecule has 0 atom stereocenters. The number of hydrogen-bond acceptors (Lipinski definition) is 3. The molecule has 0 spiro atoms. The van der Waals surface area contributed by atoms with Crippen molar-refractivity contribution in [1.82, 2.24) is 5.32 Å². The van der Waals surface area contributed by atoms with Gasteiger partial charge in [-0.2, -0.15) is 5.26 Å². The van der Waals surface area contributed by atoms with Crippen molar-refractivity contribution >= 4 is 16.7 Å². The smallest absolute Gasteiger partial charge is 0.234 e. The second-order valence-corrected chi connectivity index (χ2v) is 6.09. The van der Waals surface area contributed by atoms with Crippen LogP contribution >= 0.6 is 0 Å². The third kappa shape index (κ3) is 4.01. The number of fused-ring (bicyclic) bond motifs is 1. The van der Waals surface area contributed by atoms with Crippen molar-refractivity contribution in [3.8, 4) is 11.8 Å². The van der Waals surface area contributed by atoms with Gasteiger partial charge in [0.2, 0.25) is 5.91 Å². The van der Waals surface area contributed by atoms with Gasteiger partial charge in [-0.05, 0) is 34.9 Å². The maximum atomic E-state index is 11.7. The Morgan fingerprint density at radius 3 is 2.65 bits per heavy atom. The molecule has 3 aromatic rings. The molecule has 0 bridgehead atoms. The van der Waals surface area contributed by atoms with Crippen LogP contribution in [0.2, 0.25) is 0 Å². The summed E-state index contributed by atoms with van der Waals surface area (Å²) in [4.78, 5) is 11.7. The van der Waals surface area contributed by atoms with Gasteiger partial charge in [0, 0.05) is 12.1 Å². The van der Waals surface area contributed by atoms with Crippen molar-refractivity contribution < 1.29 is 9.53 Å². The molecule has 1 amide bonds. The third-order valence-electron chi connectivity index (χ3n) is 4.34. The topological polar surface area (TPSA) is 62.1 Å². The highest BCUT2D eigenvalue weighted by molar-refractivity contribution is 5.88. The Kier molecular flexibility index (Phi) is 5.50. The van der Waals surface area contributed by atoms with E-state index in [-0.39, 0.29) is 12.3 Å². The summed E-state index contributed by atoms with van der Waals surface area (Å²) in [5.74, 6) is 0.453. The van der Waals surface area contributed by atoms with E-state index in [1.807, 2.05) is 60.7 Å². The zero-order valence-electron chi connectivity index (χ0n) is 14.7. The summed E-state index contributed by atoms with van der Waals surface area (Å²) >= 11 is 0. The van der Waals surface area contributed by atoms with Crippen LogP contribution in [0.4, 0.5) is 0 Å². The first-order chi connectivity index (χ1) is 12.7. The lowest BCUT2D eigenvalue weighted by Gasteiger charge is -2.15. The Bertz CT molecular complexity index is 973. The van der Waals surface area contributed by atoms with Gasteiger partial charge >= 0.3 is 0 Å². The van der Waals surface area contributed by atoms with Gasteiger partial charge in [-0.15, -0.1) is 0 Å². The second-order valence-electron chi connectivity index (χ2n) is 6.09. The van der Waals surface area contributed by atoms with E-state index >= 15 is 0 Å². The molecule has 0 saturated carbocycles. The van der Waals surface area contributed by atoms with Crippen LogP contribution in [0.1, 0.15) is 23.1 Å². The number of nitriles is 1. The molecule has 1 N–H and O–H groups in total. The van der Waals surface area contributed by atoms with Crippen molar-refractivity contribution in [1.29, 1.82) is 5.26 Å². The first-order valence-electron chi connectivity index (χ1n) is 8.50. The molecular formula is C22H20N2O2. The van der Waals surface area contributed by atoms with E-state index in [2.05, 4.69) is 18.3 Å². The van der Waals surface area contributed by atoms with Crippen LogP contribution in [-0.4, -0.2) is 5.91 Å². The number of nitrogens with one attached hydrogen (secondary N) is 1. The molecule has 4 nitrogen and oxygen atoms in total. The Morgan fingerprint density at radius 2 is 1.85 bits per heavy atom. The molecule has 0 unspecified atom stereocenters. The molecule has 3 aromatic carbocycles. The fourth-order valence-corrected chi connectivity index (χ4v) is 2.88.